The van der Waals surface area contributed by atoms with Gasteiger partial charge in [0.05, 0.1) is 6.54 Å². The minimum Gasteiger partial charge on any atom is -0.479 e. The van der Waals surface area contributed by atoms with Crippen molar-refractivity contribution in [1.29, 1.82) is 0 Å². The van der Waals surface area contributed by atoms with Gasteiger partial charge in [-0.3, -0.25) is 4.79 Å². The van der Waals surface area contributed by atoms with Crippen LogP contribution in [0.3, 0.4) is 0 Å². The van der Waals surface area contributed by atoms with Gasteiger partial charge < -0.3 is 40.2 Å². The minimum atomic E-state index is -1.88. The van der Waals surface area contributed by atoms with Crippen LogP contribution in [0, 0.1) is 5.92 Å². The molecule has 1 rings (SSSR count). The van der Waals surface area contributed by atoms with Gasteiger partial charge in [0, 0.05) is 6.54 Å². The minimum absolute atomic E-state index is 0.0408. The fourth-order valence-electron chi connectivity index (χ4n) is 4.03. The zero-order valence-electron chi connectivity index (χ0n) is 22.8. The molecular weight excluding hydrogens is 505 g/mol. The molecule has 0 aromatic rings. The topological polar surface area (TPSA) is 175 Å². The molecule has 5 N–H and O–H groups in total. The largest absolute Gasteiger partial charge is 0.479 e. The highest BCUT2D eigenvalue weighted by atomic mass is 32.2. The smallest absolute Gasteiger partial charge is 0.451 e. The van der Waals surface area contributed by atoms with Crippen molar-refractivity contribution in [2.75, 3.05) is 25.1 Å². The fourth-order valence-corrected chi connectivity index (χ4v) is 4.50. The van der Waals surface area contributed by atoms with Gasteiger partial charge in [0.25, 0.3) is 0 Å². The number of carbonyl (C=O) groups excluding carboxylic acids is 3. The van der Waals surface area contributed by atoms with Crippen LogP contribution in [0.1, 0.15) is 60.8 Å². The predicted molar refractivity (Wildman–Crippen MR) is 140 cm³/mol. The number of thioether (sulfide) groups is 1. The fraction of sp³-hybridized carbons (Fsp3) is 0.826. The summed E-state index contributed by atoms with van der Waals surface area (Å²) < 4.78 is 10.6. The lowest BCUT2D eigenvalue weighted by Gasteiger charge is -2.45. The molecule has 37 heavy (non-hydrogen) atoms. The van der Waals surface area contributed by atoms with Crippen LogP contribution in [0.4, 0.5) is 9.59 Å². The van der Waals surface area contributed by atoms with Gasteiger partial charge in [-0.1, -0.05) is 6.42 Å². The maximum Gasteiger partial charge on any atom is 0.451 e. The zero-order chi connectivity index (χ0) is 28.6. The highest BCUT2D eigenvalue weighted by molar-refractivity contribution is 7.98. The molecule has 0 bridgehead atoms. The van der Waals surface area contributed by atoms with Crippen molar-refractivity contribution >= 4 is 42.9 Å². The van der Waals surface area contributed by atoms with Gasteiger partial charge >= 0.3 is 25.3 Å². The standard InChI is InChI=1S/C23H42BN3O9S/c1-21(2,3)35-19(31)25-16(9-11-37-7)17(28)27-13-15(8-10-24(33)34)12-23(14-27,18(29)30)26-20(32)36-22(4,5)6/h15-16,33-34H,8-14H2,1-7H3,(H,25,31)(H,26,32)(H,29,30)/t15-,16?,23+/m0/s1. The van der Waals surface area contributed by atoms with E-state index in [1.807, 2.05) is 6.26 Å². The number of rotatable bonds is 10. The number of alkyl carbamates (subject to hydrolysis) is 2. The van der Waals surface area contributed by atoms with Crippen LogP contribution in [0.5, 0.6) is 0 Å². The monoisotopic (exact) mass is 547 g/mol. The molecule has 0 aromatic heterocycles. The summed E-state index contributed by atoms with van der Waals surface area (Å²) in [5.41, 5.74) is -3.54. The SMILES string of the molecule is CSCCC(NC(=O)OC(C)(C)C)C(=O)N1C[C@@H](CCB(O)O)C[C@](NC(=O)OC(C)(C)C)(C(=O)O)C1. The number of nitrogens with zero attached hydrogens (tertiary/aromatic N) is 1. The van der Waals surface area contributed by atoms with E-state index in [2.05, 4.69) is 10.6 Å². The Morgan fingerprint density at radius 1 is 1.08 bits per heavy atom. The number of carbonyl (C=O) groups is 4. The first-order valence-corrected chi connectivity index (χ1v) is 13.6. The molecule has 12 nitrogen and oxygen atoms in total. The van der Waals surface area contributed by atoms with Crippen molar-refractivity contribution in [1.82, 2.24) is 15.5 Å². The third-order valence-corrected chi connectivity index (χ3v) is 6.11. The van der Waals surface area contributed by atoms with Gasteiger partial charge in [-0.2, -0.15) is 11.8 Å². The van der Waals surface area contributed by atoms with Crippen molar-refractivity contribution in [3.63, 3.8) is 0 Å². The Kier molecular flexibility index (Phi) is 12.0. The summed E-state index contributed by atoms with van der Waals surface area (Å²) >= 11 is 1.48. The summed E-state index contributed by atoms with van der Waals surface area (Å²) in [4.78, 5) is 52.5. The van der Waals surface area contributed by atoms with Crippen molar-refractivity contribution in [3.8, 4) is 0 Å². The van der Waals surface area contributed by atoms with Crippen molar-refractivity contribution in [3.05, 3.63) is 0 Å². The molecule has 1 fully saturated rings. The van der Waals surface area contributed by atoms with Gasteiger partial charge in [-0.05, 0) is 78.6 Å². The van der Waals surface area contributed by atoms with Crippen LogP contribution in [0.15, 0.2) is 0 Å². The molecule has 1 aliphatic rings. The lowest BCUT2D eigenvalue weighted by molar-refractivity contribution is -0.152. The molecule has 0 spiro atoms. The van der Waals surface area contributed by atoms with Crippen LogP contribution in [-0.4, -0.2) is 99.1 Å². The van der Waals surface area contributed by atoms with Gasteiger partial charge in [0.1, 0.15) is 17.2 Å². The molecule has 0 radical (unpaired) electrons. The highest BCUT2D eigenvalue weighted by Crippen LogP contribution is 2.31. The molecule has 0 aromatic carbocycles. The summed E-state index contributed by atoms with van der Waals surface area (Å²) in [5.74, 6) is -1.81. The van der Waals surface area contributed by atoms with Crippen LogP contribution in [0.2, 0.25) is 6.32 Å². The summed E-state index contributed by atoms with van der Waals surface area (Å²) in [6.45, 7) is 9.76. The first kappa shape index (κ1) is 32.8. The number of aliphatic carboxylic acids is 1. The van der Waals surface area contributed by atoms with E-state index in [0.29, 0.717) is 5.75 Å². The Bertz CT molecular complexity index is 816. The molecular formula is C23H42BN3O9S. The van der Waals surface area contributed by atoms with Crippen LogP contribution >= 0.6 is 11.8 Å². The summed E-state index contributed by atoms with van der Waals surface area (Å²) in [6.07, 6.45) is 0.508. The average molecular weight is 547 g/mol. The Morgan fingerprint density at radius 3 is 2.14 bits per heavy atom. The van der Waals surface area contributed by atoms with Crippen LogP contribution in [-0.2, 0) is 19.1 Å². The predicted octanol–water partition coefficient (Wildman–Crippen LogP) is 1.69. The van der Waals surface area contributed by atoms with Gasteiger partial charge in [0.2, 0.25) is 5.91 Å². The lowest BCUT2D eigenvalue weighted by Crippen LogP contribution is -2.67. The highest BCUT2D eigenvalue weighted by Gasteiger charge is 2.49. The molecule has 0 saturated carbocycles. The number of carboxylic acid groups (broad SMARTS) is 1. The molecule has 3 amide bonds. The molecule has 1 heterocycles. The summed E-state index contributed by atoms with van der Waals surface area (Å²) in [5, 5.41) is 33.9. The number of piperidine rings is 1. The molecule has 1 saturated heterocycles. The maximum atomic E-state index is 13.6. The van der Waals surface area contributed by atoms with Gasteiger partial charge in [-0.15, -0.1) is 0 Å². The average Bonchev–Trinajstić information content (AvgIpc) is 2.71. The Balaban J connectivity index is 3.28. The molecule has 0 aliphatic carbocycles. The number of hydrogen-bond acceptors (Lipinski definition) is 9. The summed E-state index contributed by atoms with van der Waals surface area (Å²) in [7, 11) is -1.60. The second kappa shape index (κ2) is 13.6. The normalized spacial score (nSPS) is 21.0. The van der Waals surface area contributed by atoms with Gasteiger partial charge in [0.15, 0.2) is 5.54 Å². The van der Waals surface area contributed by atoms with E-state index < -0.39 is 59.9 Å². The first-order valence-electron chi connectivity index (χ1n) is 12.3. The number of likely N-dealkylation sites (tertiary alicyclic amines) is 1. The molecule has 3 atom stereocenters. The van der Waals surface area contributed by atoms with E-state index in [4.69, 9.17) is 9.47 Å². The van der Waals surface area contributed by atoms with E-state index >= 15 is 0 Å². The van der Waals surface area contributed by atoms with E-state index in [1.54, 1.807) is 41.5 Å². The van der Waals surface area contributed by atoms with Gasteiger partial charge in [-0.25, -0.2) is 14.4 Å². The van der Waals surface area contributed by atoms with E-state index in [-0.39, 0.29) is 38.7 Å². The van der Waals surface area contributed by atoms with E-state index in [1.165, 1.54) is 16.7 Å². The molecule has 212 valence electrons. The van der Waals surface area contributed by atoms with Crippen molar-refractivity contribution in [2.45, 2.75) is 89.9 Å². The number of hydrogen-bond donors (Lipinski definition) is 5. The Labute approximate surface area is 223 Å². The second-order valence-electron chi connectivity index (χ2n) is 11.3. The Hall–Kier alpha value is -2.19. The maximum absolute atomic E-state index is 13.6. The van der Waals surface area contributed by atoms with Crippen LogP contribution in [0.25, 0.3) is 0 Å². The molecule has 1 aliphatic heterocycles. The Morgan fingerprint density at radius 2 is 1.65 bits per heavy atom. The lowest BCUT2D eigenvalue weighted by atomic mass is 9.75. The first-order chi connectivity index (χ1) is 16.9. The van der Waals surface area contributed by atoms with Crippen molar-refractivity contribution in [2.24, 2.45) is 5.92 Å². The number of amides is 3. The third-order valence-electron chi connectivity index (χ3n) is 5.47. The van der Waals surface area contributed by atoms with Crippen molar-refractivity contribution < 1.29 is 43.8 Å². The summed E-state index contributed by atoms with van der Waals surface area (Å²) in [6, 6.07) is -0.988. The third kappa shape index (κ3) is 11.8. The van der Waals surface area contributed by atoms with Crippen LogP contribution < -0.4 is 10.6 Å². The quantitative estimate of drug-likeness (QED) is 0.253. The number of ether oxygens (including phenoxy) is 2. The number of carboxylic acids is 1. The second-order valence-corrected chi connectivity index (χ2v) is 12.3. The molecule has 1 unspecified atom stereocenters. The van der Waals surface area contributed by atoms with E-state index in [9.17, 15) is 34.3 Å². The molecule has 14 heteroatoms. The number of nitrogens with one attached hydrogen (secondary N) is 2. The zero-order valence-corrected chi connectivity index (χ0v) is 23.6. The van der Waals surface area contributed by atoms with E-state index in [0.717, 1.165) is 0 Å².